The maximum absolute atomic E-state index is 12.9. The van der Waals surface area contributed by atoms with Crippen LogP contribution in [0.3, 0.4) is 0 Å². The molecule has 0 fully saturated rings. The van der Waals surface area contributed by atoms with Gasteiger partial charge in [-0.1, -0.05) is 269 Å². The number of carbonyl (C=O) groups is 3. The van der Waals surface area contributed by atoms with Crippen molar-refractivity contribution in [3.63, 3.8) is 0 Å². The molecule has 0 aliphatic heterocycles. The Hall–Kier alpha value is -4.71. The van der Waals surface area contributed by atoms with Gasteiger partial charge in [-0.25, -0.2) is 0 Å². The predicted molar refractivity (Wildman–Crippen MR) is 348 cm³/mol. The van der Waals surface area contributed by atoms with E-state index in [1.807, 2.05) is 0 Å². The Morgan fingerprint density at radius 1 is 0.263 bits per heavy atom. The lowest BCUT2D eigenvalue weighted by Gasteiger charge is -2.18. The fourth-order valence-corrected chi connectivity index (χ4v) is 8.62. The molecule has 0 spiro atoms. The highest BCUT2D eigenvalue weighted by Gasteiger charge is 2.19. The number of hydrogen-bond donors (Lipinski definition) is 0. The Labute approximate surface area is 493 Å². The molecule has 1 atom stereocenters. The van der Waals surface area contributed by atoms with Gasteiger partial charge in [-0.2, -0.15) is 0 Å². The second-order valence-electron chi connectivity index (χ2n) is 21.3. The van der Waals surface area contributed by atoms with Gasteiger partial charge >= 0.3 is 17.9 Å². The Balaban J connectivity index is 4.30. The molecule has 0 bridgehead atoms. The molecule has 0 aliphatic carbocycles. The smallest absolute Gasteiger partial charge is 0.306 e. The lowest BCUT2D eigenvalue weighted by molar-refractivity contribution is -0.167. The summed E-state index contributed by atoms with van der Waals surface area (Å²) in [5.41, 5.74) is 0. The summed E-state index contributed by atoms with van der Waals surface area (Å²) in [6.45, 7) is 6.45. The Morgan fingerprint density at radius 3 is 0.812 bits per heavy atom. The molecule has 0 aliphatic rings. The largest absolute Gasteiger partial charge is 0.462 e. The maximum atomic E-state index is 12.9. The van der Waals surface area contributed by atoms with E-state index in [-0.39, 0.29) is 31.1 Å². The van der Waals surface area contributed by atoms with E-state index >= 15 is 0 Å². The fraction of sp³-hybridized carbons (Fsp3) is 0.635. The molecule has 6 nitrogen and oxygen atoms in total. The number of esters is 3. The highest BCUT2D eigenvalue weighted by Crippen LogP contribution is 2.14. The first-order chi connectivity index (χ1) is 39.5. The van der Waals surface area contributed by atoms with Crippen molar-refractivity contribution in [1.29, 1.82) is 0 Å². The van der Waals surface area contributed by atoms with E-state index in [0.29, 0.717) is 19.3 Å². The van der Waals surface area contributed by atoms with Crippen LogP contribution in [0.25, 0.3) is 0 Å². The zero-order chi connectivity index (χ0) is 57.8. The van der Waals surface area contributed by atoms with E-state index in [2.05, 4.69) is 167 Å². The van der Waals surface area contributed by atoms with E-state index < -0.39 is 6.10 Å². The molecule has 80 heavy (non-hydrogen) atoms. The molecule has 0 aromatic heterocycles. The average molecular weight is 1110 g/mol. The SMILES string of the molecule is CC/C=C\C/C=C\C/C=C\C/C=C\C/C=C\C/C=C\C/C=C\C/C=C\C/C=C\C/C=C\CCCCCCC(=O)OCC(COC(=O)CCCCCCC/C=C\CCCC)OC(=O)CCCCCCC/C=C\CCCCCCCCC. The van der Waals surface area contributed by atoms with Gasteiger partial charge in [0, 0.05) is 19.3 Å². The minimum atomic E-state index is -0.801. The van der Waals surface area contributed by atoms with Crippen molar-refractivity contribution in [2.24, 2.45) is 0 Å². The summed E-state index contributed by atoms with van der Waals surface area (Å²) in [6, 6.07) is 0. The minimum Gasteiger partial charge on any atom is -0.462 e. The predicted octanol–water partition coefficient (Wildman–Crippen LogP) is 22.7. The first-order valence-corrected chi connectivity index (χ1v) is 32.8. The zero-order valence-electron chi connectivity index (χ0n) is 51.8. The van der Waals surface area contributed by atoms with Crippen molar-refractivity contribution in [3.8, 4) is 0 Å². The third-order valence-electron chi connectivity index (χ3n) is 13.5. The second kappa shape index (κ2) is 66.8. The number of allylic oxidation sites excluding steroid dienone is 24. The van der Waals surface area contributed by atoms with Crippen LogP contribution in [0.1, 0.15) is 284 Å². The van der Waals surface area contributed by atoms with Crippen LogP contribution in [0.5, 0.6) is 0 Å². The molecule has 0 amide bonds. The summed E-state index contributed by atoms with van der Waals surface area (Å²) in [6.07, 6.45) is 95.8. The summed E-state index contributed by atoms with van der Waals surface area (Å²) >= 11 is 0. The van der Waals surface area contributed by atoms with Gasteiger partial charge < -0.3 is 14.2 Å². The van der Waals surface area contributed by atoms with Crippen molar-refractivity contribution >= 4 is 17.9 Å². The van der Waals surface area contributed by atoms with Crippen LogP contribution in [-0.2, 0) is 28.6 Å². The zero-order valence-corrected chi connectivity index (χ0v) is 51.8. The monoisotopic (exact) mass is 1100 g/mol. The summed E-state index contributed by atoms with van der Waals surface area (Å²) in [5.74, 6) is -0.941. The molecule has 0 radical (unpaired) electrons. The molecule has 0 heterocycles. The number of rotatable bonds is 58. The molecule has 0 aromatic carbocycles. The Morgan fingerprint density at radius 2 is 0.500 bits per heavy atom. The molecule has 0 saturated heterocycles. The van der Waals surface area contributed by atoms with Crippen molar-refractivity contribution in [2.45, 2.75) is 290 Å². The molecular weight excluding hydrogens is 985 g/mol. The van der Waals surface area contributed by atoms with E-state index in [1.54, 1.807) is 0 Å². The summed E-state index contributed by atoms with van der Waals surface area (Å²) in [7, 11) is 0. The molecule has 0 rings (SSSR count). The fourth-order valence-electron chi connectivity index (χ4n) is 8.62. The summed E-state index contributed by atoms with van der Waals surface area (Å²) in [5, 5.41) is 0. The van der Waals surface area contributed by atoms with Crippen molar-refractivity contribution in [1.82, 2.24) is 0 Å². The Kier molecular flexibility index (Phi) is 62.9. The molecular formula is C74H120O6. The van der Waals surface area contributed by atoms with Gasteiger partial charge in [0.1, 0.15) is 13.2 Å². The molecule has 0 N–H and O–H groups in total. The molecule has 1 unspecified atom stereocenters. The third-order valence-corrected chi connectivity index (χ3v) is 13.5. The van der Waals surface area contributed by atoms with Crippen LogP contribution in [-0.4, -0.2) is 37.2 Å². The van der Waals surface area contributed by atoms with Crippen LogP contribution >= 0.6 is 0 Å². The van der Waals surface area contributed by atoms with Gasteiger partial charge in [0.2, 0.25) is 0 Å². The standard InChI is InChI=1S/C74H120O6/c1-4-7-10-13-16-19-22-24-26-28-29-30-31-32-33-34-35-36-37-38-39-40-41-42-43-44-45-46-48-49-52-55-58-61-64-67-73(76)79-70-71(69-78-72(75)66-63-60-57-54-51-21-18-15-12-9-6-3)80-74(77)68-65-62-59-56-53-50-47-27-25-23-20-17-14-11-8-5-2/h7,10,15-16,18-19,24,26-27,29-30,32-33,35-36,38-39,41-42,44-45,47-49,71H,4-6,8-9,11-14,17,20-23,25,28,31,34,37,40,43,46,50-70H2,1-3H3/b10-7-,18-15-,19-16-,26-24-,30-29-,33-32-,36-35-,39-38-,42-41-,45-44-,47-27-,49-48-. The van der Waals surface area contributed by atoms with Gasteiger partial charge in [-0.05, 0) is 141 Å². The van der Waals surface area contributed by atoms with Crippen molar-refractivity contribution in [2.75, 3.05) is 13.2 Å². The molecule has 0 aromatic rings. The van der Waals surface area contributed by atoms with E-state index in [0.717, 1.165) is 161 Å². The lowest BCUT2D eigenvalue weighted by Crippen LogP contribution is -2.30. The van der Waals surface area contributed by atoms with Crippen LogP contribution in [0.15, 0.2) is 146 Å². The molecule has 452 valence electrons. The van der Waals surface area contributed by atoms with Crippen LogP contribution in [0, 0.1) is 0 Å². The van der Waals surface area contributed by atoms with E-state index in [4.69, 9.17) is 14.2 Å². The van der Waals surface area contributed by atoms with Gasteiger partial charge in [0.25, 0.3) is 0 Å². The molecule has 6 heteroatoms. The number of ether oxygens (including phenoxy) is 3. The van der Waals surface area contributed by atoms with Gasteiger partial charge in [0.05, 0.1) is 0 Å². The third kappa shape index (κ3) is 64.1. The van der Waals surface area contributed by atoms with E-state index in [9.17, 15) is 14.4 Å². The number of hydrogen-bond acceptors (Lipinski definition) is 6. The van der Waals surface area contributed by atoms with Gasteiger partial charge in [-0.3, -0.25) is 14.4 Å². The van der Waals surface area contributed by atoms with Gasteiger partial charge in [0.15, 0.2) is 6.10 Å². The second-order valence-corrected chi connectivity index (χ2v) is 21.3. The van der Waals surface area contributed by atoms with Gasteiger partial charge in [-0.15, -0.1) is 0 Å². The Bertz CT molecular complexity index is 1750. The van der Waals surface area contributed by atoms with Crippen LogP contribution in [0.4, 0.5) is 0 Å². The van der Waals surface area contributed by atoms with E-state index in [1.165, 1.54) is 83.5 Å². The number of carbonyl (C=O) groups excluding carboxylic acids is 3. The highest BCUT2D eigenvalue weighted by molar-refractivity contribution is 5.71. The average Bonchev–Trinajstić information content (AvgIpc) is 3.46. The van der Waals surface area contributed by atoms with Crippen molar-refractivity contribution < 1.29 is 28.6 Å². The first-order valence-electron chi connectivity index (χ1n) is 32.8. The van der Waals surface area contributed by atoms with Crippen molar-refractivity contribution in [3.05, 3.63) is 146 Å². The quantitative estimate of drug-likeness (QED) is 0.0261. The highest BCUT2D eigenvalue weighted by atomic mass is 16.6. The topological polar surface area (TPSA) is 78.9 Å². The first kappa shape index (κ1) is 75.3. The minimum absolute atomic E-state index is 0.0970. The maximum Gasteiger partial charge on any atom is 0.306 e. The van der Waals surface area contributed by atoms with Crippen LogP contribution in [0.2, 0.25) is 0 Å². The normalized spacial score (nSPS) is 13.1. The number of unbranched alkanes of at least 4 members (excludes halogenated alkanes) is 23. The van der Waals surface area contributed by atoms with Crippen LogP contribution < -0.4 is 0 Å². The lowest BCUT2D eigenvalue weighted by atomic mass is 10.1. The summed E-state index contributed by atoms with van der Waals surface area (Å²) < 4.78 is 16.8. The molecule has 0 saturated carbocycles. The summed E-state index contributed by atoms with van der Waals surface area (Å²) in [4.78, 5) is 38.2.